The van der Waals surface area contributed by atoms with Gasteiger partial charge in [0.25, 0.3) is 0 Å². The number of unbranched alkanes of at least 4 members (excludes halogenated alkanes) is 2. The first kappa shape index (κ1) is 42.1. The van der Waals surface area contributed by atoms with Crippen LogP contribution in [0.5, 0.6) is 11.5 Å². The SMILES string of the molecule is C=CCO[C@@]12Oc3ccc(OC(=O)NCC)cc3[C@H]3[C@H](CCCCO)[C@@H](CCCCO)C=C(C(=NOC(C)(C)C)C[C@@H]1N(C)C(=O)OCC(C)(C)C)[C@H]32. The van der Waals surface area contributed by atoms with Crippen LogP contribution in [0, 0.1) is 23.2 Å². The number of benzene rings is 1. The predicted octanol–water partition coefficient (Wildman–Crippen LogP) is 7.34. The number of nitrogens with one attached hydrogen (secondary N) is 1. The molecule has 1 saturated carbocycles. The number of likely N-dealkylation sites (N-methyl/N-ethyl adjacent to an activating group) is 1. The molecule has 0 bridgehead atoms. The lowest BCUT2D eigenvalue weighted by molar-refractivity contribution is -0.254. The Kier molecular flexibility index (Phi) is 14.4. The second-order valence-corrected chi connectivity index (χ2v) is 16.6. The fourth-order valence-corrected chi connectivity index (χ4v) is 7.78. The normalized spacial score (nSPS) is 25.7. The first-order valence-corrected chi connectivity index (χ1v) is 19.2. The number of aliphatic hydroxyl groups excluding tert-OH is 2. The van der Waals surface area contributed by atoms with Crippen molar-refractivity contribution in [2.45, 2.75) is 117 Å². The van der Waals surface area contributed by atoms with Crippen LogP contribution >= 0.6 is 0 Å². The molecular weight excluding hydrogens is 678 g/mol. The van der Waals surface area contributed by atoms with E-state index in [-0.39, 0.29) is 56.0 Å². The smallest absolute Gasteiger partial charge is 0.412 e. The number of allylic oxidation sites excluding steroid dienone is 1. The van der Waals surface area contributed by atoms with Crippen molar-refractivity contribution in [2.24, 2.45) is 28.3 Å². The molecule has 12 heteroatoms. The Morgan fingerprint density at radius 2 is 1.79 bits per heavy atom. The first-order valence-electron chi connectivity index (χ1n) is 19.2. The van der Waals surface area contributed by atoms with E-state index < -0.39 is 35.5 Å². The quantitative estimate of drug-likeness (QED) is 0.0899. The van der Waals surface area contributed by atoms with Crippen molar-refractivity contribution >= 4 is 17.9 Å². The highest BCUT2D eigenvalue weighted by atomic mass is 16.7. The Morgan fingerprint density at radius 3 is 2.42 bits per heavy atom. The summed E-state index contributed by atoms with van der Waals surface area (Å²) in [7, 11) is 1.71. The lowest BCUT2D eigenvalue weighted by Crippen LogP contribution is -2.69. The molecule has 1 heterocycles. The highest BCUT2D eigenvalue weighted by Gasteiger charge is 2.65. The van der Waals surface area contributed by atoms with E-state index in [9.17, 15) is 19.8 Å². The number of nitrogens with zero attached hydrogens (tertiary/aromatic N) is 2. The van der Waals surface area contributed by atoms with Gasteiger partial charge in [-0.05, 0) is 94.4 Å². The largest absolute Gasteiger partial charge is 0.459 e. The Hall–Kier alpha value is -3.61. The van der Waals surface area contributed by atoms with Crippen molar-refractivity contribution in [1.29, 1.82) is 0 Å². The van der Waals surface area contributed by atoms with Crippen LogP contribution in [0.3, 0.4) is 0 Å². The zero-order valence-electron chi connectivity index (χ0n) is 33.1. The van der Waals surface area contributed by atoms with Crippen molar-refractivity contribution < 1.29 is 43.6 Å². The summed E-state index contributed by atoms with van der Waals surface area (Å²) in [6, 6.07) is 4.69. The van der Waals surface area contributed by atoms with Gasteiger partial charge in [-0.15, -0.1) is 6.58 Å². The number of hydrogen-bond acceptors (Lipinski definition) is 10. The minimum atomic E-state index is -1.40. The third-order valence-electron chi connectivity index (χ3n) is 9.99. The average Bonchev–Trinajstić information content (AvgIpc) is 3.09. The van der Waals surface area contributed by atoms with Gasteiger partial charge in [0.1, 0.15) is 23.1 Å². The van der Waals surface area contributed by atoms with E-state index in [1.165, 1.54) is 0 Å². The maximum absolute atomic E-state index is 13.9. The second-order valence-electron chi connectivity index (χ2n) is 16.6. The Morgan fingerprint density at radius 1 is 1.09 bits per heavy atom. The standard InChI is InChI=1S/C41H63N3O9/c1-10-22-50-41-34(44(9)38(48)49-26-39(3,4)5)25-32(43-53-40(6,7)8)30-23-27(16-12-14-20-45)29(17-13-15-21-46)35(36(30)41)31-24-28(18-19-33(31)52-41)51-37(47)42-11-2/h10,18-19,23-24,27,29,34-36,45-46H,1,11-17,20-22,25-26H2,2-9H3,(H,42,47)/t27-,29+,34-,35+,36+,41+/m0/s1. The first-order chi connectivity index (χ1) is 25.1. The van der Waals surface area contributed by atoms with Crippen molar-refractivity contribution in [1.82, 2.24) is 10.2 Å². The Balaban J connectivity index is 2.01. The van der Waals surface area contributed by atoms with Crippen LogP contribution in [0.25, 0.3) is 0 Å². The van der Waals surface area contributed by atoms with E-state index in [4.69, 9.17) is 28.9 Å². The minimum Gasteiger partial charge on any atom is -0.459 e. The molecule has 3 N–H and O–H groups in total. The van der Waals surface area contributed by atoms with Crippen LogP contribution in [0.4, 0.5) is 9.59 Å². The van der Waals surface area contributed by atoms with Gasteiger partial charge in [-0.25, -0.2) is 9.59 Å². The van der Waals surface area contributed by atoms with E-state index in [2.05, 4.69) is 18.0 Å². The number of oxime groups is 1. The van der Waals surface area contributed by atoms with E-state index in [1.54, 1.807) is 24.1 Å². The van der Waals surface area contributed by atoms with Gasteiger partial charge in [0, 0.05) is 44.7 Å². The lowest BCUT2D eigenvalue weighted by atomic mass is 9.55. The number of fused-ring (bicyclic) bond motifs is 2. The fourth-order valence-electron chi connectivity index (χ4n) is 7.78. The summed E-state index contributed by atoms with van der Waals surface area (Å²) in [4.78, 5) is 34.2. The van der Waals surface area contributed by atoms with Crippen molar-refractivity contribution in [2.75, 3.05) is 40.0 Å². The summed E-state index contributed by atoms with van der Waals surface area (Å²) in [6.45, 7) is 18.6. The molecule has 53 heavy (non-hydrogen) atoms. The van der Waals surface area contributed by atoms with Gasteiger partial charge >= 0.3 is 12.2 Å². The maximum atomic E-state index is 13.9. The monoisotopic (exact) mass is 741 g/mol. The third-order valence-corrected chi connectivity index (χ3v) is 9.99. The highest BCUT2D eigenvalue weighted by molar-refractivity contribution is 6.03. The average molecular weight is 742 g/mol. The lowest BCUT2D eigenvalue weighted by Gasteiger charge is -2.59. The number of rotatable bonds is 16. The van der Waals surface area contributed by atoms with E-state index in [0.29, 0.717) is 36.6 Å². The van der Waals surface area contributed by atoms with E-state index in [0.717, 1.165) is 36.8 Å². The van der Waals surface area contributed by atoms with Gasteiger partial charge < -0.3 is 44.2 Å². The molecule has 1 fully saturated rings. The third kappa shape index (κ3) is 10.3. The summed E-state index contributed by atoms with van der Waals surface area (Å²) in [6.07, 6.45) is 7.68. The number of amides is 2. The molecule has 12 nitrogen and oxygen atoms in total. The molecule has 1 aromatic carbocycles. The maximum Gasteiger partial charge on any atom is 0.412 e. The summed E-state index contributed by atoms with van der Waals surface area (Å²) in [5.41, 5.74) is 1.63. The van der Waals surface area contributed by atoms with Gasteiger partial charge in [0.2, 0.25) is 5.79 Å². The number of aliphatic hydroxyl groups is 2. The summed E-state index contributed by atoms with van der Waals surface area (Å²) >= 11 is 0. The molecule has 6 atom stereocenters. The molecule has 0 spiro atoms. The second kappa shape index (κ2) is 18.1. The molecule has 0 aromatic heterocycles. The van der Waals surface area contributed by atoms with Crippen molar-refractivity contribution in [3.63, 3.8) is 0 Å². The van der Waals surface area contributed by atoms with Gasteiger partial charge in [-0.3, -0.25) is 0 Å². The van der Waals surface area contributed by atoms with Crippen LogP contribution in [0.1, 0.15) is 105 Å². The van der Waals surface area contributed by atoms with Crippen LogP contribution in [0.2, 0.25) is 0 Å². The molecule has 0 saturated heterocycles. The van der Waals surface area contributed by atoms with E-state index in [1.807, 2.05) is 60.6 Å². The summed E-state index contributed by atoms with van der Waals surface area (Å²) in [5, 5.41) is 27.1. The fraction of sp³-hybridized carbons (Fsp3) is 0.683. The van der Waals surface area contributed by atoms with Crippen molar-refractivity contribution in [3.05, 3.63) is 48.1 Å². The zero-order chi connectivity index (χ0) is 39.0. The molecule has 296 valence electrons. The molecule has 3 aliphatic rings. The van der Waals surface area contributed by atoms with Gasteiger partial charge in [-0.2, -0.15) is 0 Å². The number of carbonyl (C=O) groups excluding carboxylic acids is 2. The molecule has 2 amide bonds. The molecule has 1 aromatic rings. The van der Waals surface area contributed by atoms with Crippen LogP contribution in [-0.2, 0) is 14.3 Å². The van der Waals surface area contributed by atoms with Crippen molar-refractivity contribution in [3.8, 4) is 11.5 Å². The minimum absolute atomic E-state index is 0.0322. The Labute approximate surface area is 315 Å². The van der Waals surface area contributed by atoms with Gasteiger partial charge in [-0.1, -0.05) is 50.9 Å². The van der Waals surface area contributed by atoms with Gasteiger partial charge in [0.15, 0.2) is 0 Å². The van der Waals surface area contributed by atoms with E-state index >= 15 is 0 Å². The molecule has 2 aliphatic carbocycles. The molecular formula is C41H63N3O9. The van der Waals surface area contributed by atoms with Crippen LogP contribution < -0.4 is 14.8 Å². The Bertz CT molecular complexity index is 1480. The molecule has 1 aliphatic heterocycles. The number of hydrogen-bond donors (Lipinski definition) is 3. The number of carbonyl (C=O) groups is 2. The van der Waals surface area contributed by atoms with Gasteiger partial charge in [0.05, 0.1) is 24.8 Å². The summed E-state index contributed by atoms with van der Waals surface area (Å²) < 4.78 is 25.6. The van der Waals surface area contributed by atoms with Crippen LogP contribution in [-0.4, -0.2) is 90.5 Å². The van der Waals surface area contributed by atoms with Crippen LogP contribution in [0.15, 0.2) is 47.7 Å². The predicted molar refractivity (Wildman–Crippen MR) is 204 cm³/mol. The molecule has 0 radical (unpaired) electrons. The highest BCUT2D eigenvalue weighted by Crippen LogP contribution is 2.61. The zero-order valence-corrected chi connectivity index (χ0v) is 33.1. The molecule has 4 rings (SSSR count). The summed E-state index contributed by atoms with van der Waals surface area (Å²) in [5.74, 6) is -1.10. The number of ether oxygens (including phenoxy) is 4. The molecule has 0 unspecified atom stereocenters. The topological polar surface area (TPSA) is 148 Å².